The molecule has 1 fully saturated rings. The average Bonchev–Trinajstić information content (AvgIpc) is 2.77. The Bertz CT molecular complexity index is 1210. The second kappa shape index (κ2) is 8.81. The van der Waals surface area contributed by atoms with Gasteiger partial charge in [-0.1, -0.05) is 20.8 Å². The third-order valence-electron chi connectivity index (χ3n) is 7.22. The van der Waals surface area contributed by atoms with Gasteiger partial charge in [0.2, 0.25) is 5.43 Å². The summed E-state index contributed by atoms with van der Waals surface area (Å²) in [7, 11) is 0. The average molecular weight is 477 g/mol. The summed E-state index contributed by atoms with van der Waals surface area (Å²) in [5.41, 5.74) is -2.26. The molecular weight excluding hydrogens is 451 g/mol. The Morgan fingerprint density at radius 3 is 2.44 bits per heavy atom. The molecule has 1 saturated heterocycles. The third-order valence-corrected chi connectivity index (χ3v) is 7.22. The van der Waals surface area contributed by atoms with Crippen molar-refractivity contribution in [2.75, 3.05) is 0 Å². The molecule has 4 rings (SSSR count). The lowest BCUT2D eigenvalue weighted by Crippen LogP contribution is -2.60. The molecule has 182 valence electrons. The molecule has 4 atom stereocenters. The van der Waals surface area contributed by atoms with Crippen molar-refractivity contribution in [1.29, 1.82) is 0 Å². The Morgan fingerprint density at radius 2 is 1.82 bits per heavy atom. The van der Waals surface area contributed by atoms with Gasteiger partial charge >= 0.3 is 0 Å². The smallest absolute Gasteiger partial charge is 0.275 e. The molecule has 10 heteroatoms. The maximum absolute atomic E-state index is 13.9. The SMILES string of the molecule is CCC1CC(C)C(C)C2Cn3cc(C(=O)NCc4c(F)cc(F)cc4F)c(=O)c(O)c3C(=O)N12. The summed E-state index contributed by atoms with van der Waals surface area (Å²) >= 11 is 0. The molecule has 0 saturated carbocycles. The molecule has 34 heavy (non-hydrogen) atoms. The van der Waals surface area contributed by atoms with Gasteiger partial charge in [-0.15, -0.1) is 0 Å². The highest BCUT2D eigenvalue weighted by Gasteiger charge is 2.46. The number of amides is 2. The van der Waals surface area contributed by atoms with E-state index in [1.165, 1.54) is 10.8 Å². The zero-order valence-electron chi connectivity index (χ0n) is 19.1. The maximum atomic E-state index is 13.9. The van der Waals surface area contributed by atoms with Crippen LogP contribution >= 0.6 is 0 Å². The van der Waals surface area contributed by atoms with Crippen LogP contribution in [-0.2, 0) is 13.1 Å². The number of piperidine rings is 1. The van der Waals surface area contributed by atoms with Crippen molar-refractivity contribution in [3.63, 3.8) is 0 Å². The summed E-state index contributed by atoms with van der Waals surface area (Å²) in [5.74, 6) is -5.22. The van der Waals surface area contributed by atoms with Crippen LogP contribution in [-0.4, -0.2) is 38.5 Å². The number of fused-ring (bicyclic) bond motifs is 2. The van der Waals surface area contributed by atoms with E-state index in [4.69, 9.17) is 0 Å². The van der Waals surface area contributed by atoms with E-state index in [1.54, 1.807) is 4.90 Å². The van der Waals surface area contributed by atoms with E-state index in [0.717, 1.165) is 12.8 Å². The van der Waals surface area contributed by atoms with Crippen molar-refractivity contribution in [1.82, 2.24) is 14.8 Å². The summed E-state index contributed by atoms with van der Waals surface area (Å²) in [4.78, 5) is 40.5. The van der Waals surface area contributed by atoms with Crippen molar-refractivity contribution >= 4 is 11.8 Å². The minimum absolute atomic E-state index is 0.0181. The van der Waals surface area contributed by atoms with E-state index >= 15 is 0 Å². The monoisotopic (exact) mass is 477 g/mol. The van der Waals surface area contributed by atoms with E-state index < -0.39 is 58.1 Å². The van der Waals surface area contributed by atoms with Crippen LogP contribution in [0.15, 0.2) is 23.1 Å². The Kier molecular flexibility index (Phi) is 6.18. The van der Waals surface area contributed by atoms with Gasteiger partial charge < -0.3 is 19.9 Å². The lowest BCUT2D eigenvalue weighted by Gasteiger charge is -2.51. The lowest BCUT2D eigenvalue weighted by molar-refractivity contribution is -0.00248. The first-order valence-corrected chi connectivity index (χ1v) is 11.3. The Labute approximate surface area is 194 Å². The van der Waals surface area contributed by atoms with Crippen molar-refractivity contribution < 1.29 is 27.9 Å². The van der Waals surface area contributed by atoms with Crippen LogP contribution in [0.5, 0.6) is 5.75 Å². The molecule has 2 aliphatic rings. The Hall–Kier alpha value is -3.30. The van der Waals surface area contributed by atoms with Crippen LogP contribution in [0, 0.1) is 29.3 Å². The highest BCUT2D eigenvalue weighted by atomic mass is 19.1. The molecule has 0 bridgehead atoms. The fraction of sp³-hybridized carbons (Fsp3) is 0.458. The number of aromatic hydroxyl groups is 1. The molecule has 3 heterocycles. The number of carbonyl (C=O) groups is 2. The van der Waals surface area contributed by atoms with Gasteiger partial charge in [0.25, 0.3) is 11.8 Å². The molecule has 2 amide bonds. The Morgan fingerprint density at radius 1 is 1.18 bits per heavy atom. The maximum Gasteiger partial charge on any atom is 0.275 e. The zero-order valence-corrected chi connectivity index (χ0v) is 19.1. The molecule has 1 aromatic carbocycles. The predicted molar refractivity (Wildman–Crippen MR) is 117 cm³/mol. The van der Waals surface area contributed by atoms with Crippen LogP contribution in [0.4, 0.5) is 13.2 Å². The first-order valence-electron chi connectivity index (χ1n) is 11.3. The number of nitrogens with zero attached hydrogens (tertiary/aromatic N) is 2. The first-order chi connectivity index (χ1) is 16.0. The van der Waals surface area contributed by atoms with E-state index in [1.807, 2.05) is 13.8 Å². The van der Waals surface area contributed by atoms with Crippen molar-refractivity contribution in [3.8, 4) is 5.75 Å². The van der Waals surface area contributed by atoms with Crippen LogP contribution in [0.25, 0.3) is 0 Å². The minimum atomic E-state index is -1.18. The van der Waals surface area contributed by atoms with Crippen LogP contribution in [0.2, 0.25) is 0 Å². The number of hydrogen-bond donors (Lipinski definition) is 2. The second-order valence-electron chi connectivity index (χ2n) is 9.17. The molecule has 7 nitrogen and oxygen atoms in total. The van der Waals surface area contributed by atoms with Crippen LogP contribution in [0.1, 0.15) is 60.0 Å². The number of aromatic nitrogens is 1. The molecular formula is C24H26F3N3O4. The molecule has 2 aliphatic heterocycles. The number of nitrogens with one attached hydrogen (secondary N) is 1. The van der Waals surface area contributed by atoms with E-state index in [-0.39, 0.29) is 23.7 Å². The van der Waals surface area contributed by atoms with Gasteiger partial charge in [-0.3, -0.25) is 14.4 Å². The lowest BCUT2D eigenvalue weighted by atomic mass is 9.76. The highest BCUT2D eigenvalue weighted by molar-refractivity contribution is 5.99. The van der Waals surface area contributed by atoms with Crippen molar-refractivity contribution in [3.05, 3.63) is 62.8 Å². The predicted octanol–water partition coefficient (Wildman–Crippen LogP) is 3.18. The van der Waals surface area contributed by atoms with E-state index in [2.05, 4.69) is 12.2 Å². The summed E-state index contributed by atoms with van der Waals surface area (Å²) in [6, 6.07) is 0.777. The molecule has 4 unspecified atom stereocenters. The summed E-state index contributed by atoms with van der Waals surface area (Å²) in [5, 5.41) is 12.8. The Balaban J connectivity index is 1.67. The van der Waals surface area contributed by atoms with Crippen LogP contribution in [0.3, 0.4) is 0 Å². The number of benzene rings is 1. The van der Waals surface area contributed by atoms with Gasteiger partial charge in [-0.25, -0.2) is 13.2 Å². The first kappa shape index (κ1) is 23.8. The standard InChI is InChI=1S/C24H26F3N3O4/c1-4-14-5-11(2)12(3)19-10-29-9-16(21(31)22(32)20(29)24(34)30(14)19)23(33)28-8-15-17(26)6-13(25)7-18(15)27/h6-7,9,11-12,14,19,32H,4-5,8,10H2,1-3H3,(H,28,33). The number of carbonyl (C=O) groups excluding carboxylic acids is 2. The summed E-state index contributed by atoms with van der Waals surface area (Å²) < 4.78 is 42.3. The van der Waals surface area contributed by atoms with Gasteiger partial charge in [0.1, 0.15) is 23.0 Å². The molecule has 0 aliphatic carbocycles. The van der Waals surface area contributed by atoms with Crippen molar-refractivity contribution in [2.24, 2.45) is 11.8 Å². The van der Waals surface area contributed by atoms with Gasteiger partial charge in [-0.2, -0.15) is 0 Å². The van der Waals surface area contributed by atoms with Gasteiger partial charge in [-0.05, 0) is 24.7 Å². The van der Waals surface area contributed by atoms with Gasteiger partial charge in [0.05, 0.1) is 6.04 Å². The van der Waals surface area contributed by atoms with Gasteiger partial charge in [0.15, 0.2) is 11.4 Å². The molecule has 2 aromatic rings. The largest absolute Gasteiger partial charge is 0.503 e. The quantitative estimate of drug-likeness (QED) is 0.708. The number of rotatable bonds is 4. The zero-order chi connectivity index (χ0) is 24.9. The fourth-order valence-electron chi connectivity index (χ4n) is 5.10. The van der Waals surface area contributed by atoms with Crippen molar-refractivity contribution in [2.45, 2.75) is 58.8 Å². The number of pyridine rings is 1. The van der Waals surface area contributed by atoms with Gasteiger partial charge in [0, 0.05) is 43.0 Å². The highest BCUT2D eigenvalue weighted by Crippen LogP contribution is 2.39. The molecule has 0 spiro atoms. The summed E-state index contributed by atoms with van der Waals surface area (Å²) in [6.45, 7) is 5.81. The third kappa shape index (κ3) is 3.84. The topological polar surface area (TPSA) is 91.6 Å². The second-order valence-corrected chi connectivity index (χ2v) is 9.17. The van der Waals surface area contributed by atoms with E-state index in [0.29, 0.717) is 24.6 Å². The van der Waals surface area contributed by atoms with Crippen LogP contribution < -0.4 is 10.7 Å². The minimum Gasteiger partial charge on any atom is -0.503 e. The number of hydrogen-bond acceptors (Lipinski definition) is 4. The summed E-state index contributed by atoms with van der Waals surface area (Å²) in [6.07, 6.45) is 2.76. The molecule has 1 aromatic heterocycles. The van der Waals surface area contributed by atoms with E-state index in [9.17, 15) is 32.7 Å². The molecule has 2 N–H and O–H groups in total. The molecule has 0 radical (unpaired) electrons. The fourth-order valence-corrected chi connectivity index (χ4v) is 5.10. The normalized spacial score (nSPS) is 23.9. The number of halogens is 3.